The number of hydrogen-bond donors (Lipinski definition) is 1. The van der Waals surface area contributed by atoms with Crippen molar-refractivity contribution in [2.75, 3.05) is 5.73 Å². The average molecular weight is 236 g/mol. The van der Waals surface area contributed by atoms with Crippen LogP contribution in [-0.4, -0.2) is 0 Å². The van der Waals surface area contributed by atoms with Crippen molar-refractivity contribution in [3.63, 3.8) is 0 Å². The molecule has 2 N–H and O–H groups in total. The third kappa shape index (κ3) is 1.89. The van der Waals surface area contributed by atoms with Gasteiger partial charge in [0.15, 0.2) is 0 Å². The molecule has 0 unspecified atom stereocenters. The lowest BCUT2D eigenvalue weighted by Gasteiger charge is -2.08. The van der Waals surface area contributed by atoms with E-state index in [2.05, 4.69) is 0 Å². The van der Waals surface area contributed by atoms with Crippen LogP contribution < -0.4 is 5.73 Å². The standard InChI is InChI=1S/C13H11ClFN/c1-8-6-10(12(15)7-13(8)16)9-4-2-3-5-11(9)14/h2-7H,16H2,1H3. The van der Waals surface area contributed by atoms with Gasteiger partial charge in [-0.2, -0.15) is 0 Å². The van der Waals surface area contributed by atoms with Crippen molar-refractivity contribution in [1.82, 2.24) is 0 Å². The van der Waals surface area contributed by atoms with Crippen LogP contribution in [0.25, 0.3) is 11.1 Å². The molecule has 2 aromatic carbocycles. The Hall–Kier alpha value is -1.54. The summed E-state index contributed by atoms with van der Waals surface area (Å²) in [6.45, 7) is 1.84. The molecule has 0 bridgehead atoms. The number of nitrogens with two attached hydrogens (primary N) is 1. The molecule has 1 nitrogen and oxygen atoms in total. The Morgan fingerprint density at radius 3 is 2.50 bits per heavy atom. The molecule has 0 saturated heterocycles. The Balaban J connectivity index is 2.65. The second-order valence-corrected chi connectivity index (χ2v) is 4.08. The highest BCUT2D eigenvalue weighted by atomic mass is 35.5. The Bertz CT molecular complexity index is 537. The van der Waals surface area contributed by atoms with Crippen molar-refractivity contribution >= 4 is 17.3 Å². The number of rotatable bonds is 1. The van der Waals surface area contributed by atoms with Crippen LogP contribution in [0.3, 0.4) is 0 Å². The molecule has 0 aromatic heterocycles. The van der Waals surface area contributed by atoms with Gasteiger partial charge in [-0.25, -0.2) is 4.39 Å². The third-order valence-corrected chi connectivity index (χ3v) is 2.85. The minimum Gasteiger partial charge on any atom is -0.398 e. The number of benzene rings is 2. The van der Waals surface area contributed by atoms with E-state index in [1.165, 1.54) is 6.07 Å². The Morgan fingerprint density at radius 1 is 1.12 bits per heavy atom. The zero-order valence-corrected chi connectivity index (χ0v) is 9.55. The Labute approximate surface area is 98.7 Å². The zero-order valence-electron chi connectivity index (χ0n) is 8.80. The quantitative estimate of drug-likeness (QED) is 0.742. The van der Waals surface area contributed by atoms with E-state index in [-0.39, 0.29) is 5.82 Å². The number of nitrogen functional groups attached to an aromatic ring is 1. The summed E-state index contributed by atoms with van der Waals surface area (Å²) in [6, 6.07) is 10.2. The van der Waals surface area contributed by atoms with Gasteiger partial charge >= 0.3 is 0 Å². The minimum atomic E-state index is -0.351. The van der Waals surface area contributed by atoms with Gasteiger partial charge in [-0.3, -0.25) is 0 Å². The van der Waals surface area contributed by atoms with Gasteiger partial charge in [-0.1, -0.05) is 29.8 Å². The molecule has 0 aliphatic heterocycles. The lowest BCUT2D eigenvalue weighted by molar-refractivity contribution is 0.631. The highest BCUT2D eigenvalue weighted by Gasteiger charge is 2.10. The smallest absolute Gasteiger partial charge is 0.133 e. The molecule has 0 atom stereocenters. The first kappa shape index (κ1) is 11.0. The molecule has 82 valence electrons. The van der Waals surface area contributed by atoms with E-state index in [1.54, 1.807) is 18.2 Å². The van der Waals surface area contributed by atoms with Gasteiger partial charge in [0, 0.05) is 21.8 Å². The molecule has 0 saturated carbocycles. The van der Waals surface area contributed by atoms with Crippen molar-refractivity contribution in [2.45, 2.75) is 6.92 Å². The van der Waals surface area contributed by atoms with Crippen LogP contribution in [-0.2, 0) is 0 Å². The monoisotopic (exact) mass is 235 g/mol. The summed E-state index contributed by atoms with van der Waals surface area (Å²) < 4.78 is 13.8. The first-order valence-electron chi connectivity index (χ1n) is 4.90. The lowest BCUT2D eigenvalue weighted by atomic mass is 10.0. The van der Waals surface area contributed by atoms with Gasteiger partial charge < -0.3 is 5.73 Å². The van der Waals surface area contributed by atoms with Crippen LogP contribution in [0, 0.1) is 12.7 Å². The van der Waals surface area contributed by atoms with Crippen LogP contribution in [0.1, 0.15) is 5.56 Å². The van der Waals surface area contributed by atoms with Crippen molar-refractivity contribution in [3.8, 4) is 11.1 Å². The molecular formula is C13H11ClFN. The van der Waals surface area contributed by atoms with E-state index in [0.717, 1.165) is 5.56 Å². The normalized spacial score (nSPS) is 10.4. The van der Waals surface area contributed by atoms with Crippen LogP contribution in [0.5, 0.6) is 0 Å². The second kappa shape index (κ2) is 4.14. The fourth-order valence-electron chi connectivity index (χ4n) is 1.58. The van der Waals surface area contributed by atoms with E-state index < -0.39 is 0 Å². The highest BCUT2D eigenvalue weighted by molar-refractivity contribution is 6.33. The van der Waals surface area contributed by atoms with Crippen LogP contribution >= 0.6 is 11.6 Å². The lowest BCUT2D eigenvalue weighted by Crippen LogP contribution is -1.94. The van der Waals surface area contributed by atoms with E-state index in [9.17, 15) is 4.39 Å². The van der Waals surface area contributed by atoms with Gasteiger partial charge in [-0.05, 0) is 30.7 Å². The predicted octanol–water partition coefficient (Wildman–Crippen LogP) is 4.04. The molecule has 0 aliphatic rings. The van der Waals surface area contributed by atoms with Gasteiger partial charge in [0.25, 0.3) is 0 Å². The molecule has 0 fully saturated rings. The first-order valence-corrected chi connectivity index (χ1v) is 5.28. The largest absolute Gasteiger partial charge is 0.398 e. The summed E-state index contributed by atoms with van der Waals surface area (Å²) in [6.07, 6.45) is 0. The summed E-state index contributed by atoms with van der Waals surface area (Å²) in [5.74, 6) is -0.351. The predicted molar refractivity (Wildman–Crippen MR) is 66.0 cm³/mol. The highest BCUT2D eigenvalue weighted by Crippen LogP contribution is 2.31. The molecule has 0 heterocycles. The maximum atomic E-state index is 13.8. The molecule has 0 amide bonds. The molecule has 2 rings (SSSR count). The molecule has 2 aromatic rings. The molecule has 0 aliphatic carbocycles. The van der Waals surface area contributed by atoms with Gasteiger partial charge in [0.05, 0.1) is 0 Å². The van der Waals surface area contributed by atoms with E-state index in [0.29, 0.717) is 21.8 Å². The Morgan fingerprint density at radius 2 is 1.81 bits per heavy atom. The molecule has 16 heavy (non-hydrogen) atoms. The van der Waals surface area contributed by atoms with Gasteiger partial charge in [0.2, 0.25) is 0 Å². The summed E-state index contributed by atoms with van der Waals surface area (Å²) in [4.78, 5) is 0. The molecule has 0 radical (unpaired) electrons. The fraction of sp³-hybridized carbons (Fsp3) is 0.0769. The van der Waals surface area contributed by atoms with E-state index in [1.807, 2.05) is 19.1 Å². The van der Waals surface area contributed by atoms with Crippen LogP contribution in [0.4, 0.5) is 10.1 Å². The summed E-state index contributed by atoms with van der Waals surface area (Å²) in [7, 11) is 0. The van der Waals surface area contributed by atoms with Crippen LogP contribution in [0.15, 0.2) is 36.4 Å². The molecular weight excluding hydrogens is 225 g/mol. The Kier molecular flexibility index (Phi) is 2.84. The van der Waals surface area contributed by atoms with Gasteiger partial charge in [0.1, 0.15) is 5.82 Å². The first-order chi connectivity index (χ1) is 7.59. The summed E-state index contributed by atoms with van der Waals surface area (Å²) in [5.41, 5.74) is 8.10. The third-order valence-electron chi connectivity index (χ3n) is 2.52. The SMILES string of the molecule is Cc1cc(-c2ccccc2Cl)c(F)cc1N. The number of hydrogen-bond acceptors (Lipinski definition) is 1. The summed E-state index contributed by atoms with van der Waals surface area (Å²) in [5, 5.41) is 0.533. The van der Waals surface area contributed by atoms with Crippen molar-refractivity contribution in [2.24, 2.45) is 0 Å². The maximum absolute atomic E-state index is 13.8. The minimum absolute atomic E-state index is 0.351. The number of anilines is 1. The van der Waals surface area contributed by atoms with Crippen molar-refractivity contribution < 1.29 is 4.39 Å². The van der Waals surface area contributed by atoms with Gasteiger partial charge in [-0.15, -0.1) is 0 Å². The van der Waals surface area contributed by atoms with Crippen LogP contribution in [0.2, 0.25) is 5.02 Å². The number of halogens is 2. The average Bonchev–Trinajstić information content (AvgIpc) is 2.25. The molecule has 3 heteroatoms. The summed E-state index contributed by atoms with van der Waals surface area (Å²) >= 11 is 6.02. The fourth-order valence-corrected chi connectivity index (χ4v) is 1.82. The number of aryl methyl sites for hydroxylation is 1. The second-order valence-electron chi connectivity index (χ2n) is 3.67. The van der Waals surface area contributed by atoms with Crippen molar-refractivity contribution in [3.05, 3.63) is 52.8 Å². The topological polar surface area (TPSA) is 26.0 Å². The molecule has 0 spiro atoms. The maximum Gasteiger partial charge on any atom is 0.133 e. The zero-order chi connectivity index (χ0) is 11.7. The van der Waals surface area contributed by atoms with E-state index in [4.69, 9.17) is 17.3 Å². The van der Waals surface area contributed by atoms with Crippen molar-refractivity contribution in [1.29, 1.82) is 0 Å². The van der Waals surface area contributed by atoms with E-state index >= 15 is 0 Å².